The number of halogens is 1. The fourth-order valence-corrected chi connectivity index (χ4v) is 4.03. The van der Waals surface area contributed by atoms with Gasteiger partial charge >= 0.3 is 0 Å². The molecule has 0 aliphatic carbocycles. The van der Waals surface area contributed by atoms with Crippen LogP contribution in [0.4, 0.5) is 5.69 Å². The molecule has 0 spiro atoms. The fourth-order valence-electron chi connectivity index (χ4n) is 2.62. The number of methoxy groups -OCH3 is 1. The first-order valence-corrected chi connectivity index (χ1v) is 9.34. The van der Waals surface area contributed by atoms with Crippen LogP contribution in [0, 0.1) is 0 Å². The summed E-state index contributed by atoms with van der Waals surface area (Å²) in [6.07, 6.45) is 0. The minimum absolute atomic E-state index is 0.274. The molecular formula is C19H20ClN3O2S. The number of para-hydroxylation sites is 1. The monoisotopic (exact) mass is 389 g/mol. The Kier molecular flexibility index (Phi) is 5.76. The van der Waals surface area contributed by atoms with Gasteiger partial charge < -0.3 is 14.2 Å². The lowest BCUT2D eigenvalue weighted by molar-refractivity contribution is 0.0997. The molecule has 0 atom stereocenters. The lowest BCUT2D eigenvalue weighted by Gasteiger charge is -2.11. The van der Waals surface area contributed by atoms with Crippen molar-refractivity contribution >= 4 is 44.7 Å². The molecule has 1 amide bonds. The van der Waals surface area contributed by atoms with E-state index >= 15 is 0 Å². The second-order valence-corrected chi connectivity index (χ2v) is 7.39. The summed E-state index contributed by atoms with van der Waals surface area (Å²) in [5.74, 6) is -0.274. The van der Waals surface area contributed by atoms with Gasteiger partial charge in [-0.25, -0.2) is 0 Å². The molecule has 0 saturated heterocycles. The van der Waals surface area contributed by atoms with Crippen molar-refractivity contribution in [2.75, 3.05) is 32.7 Å². The van der Waals surface area contributed by atoms with Crippen LogP contribution in [-0.4, -0.2) is 38.3 Å². The van der Waals surface area contributed by atoms with E-state index in [1.807, 2.05) is 53.9 Å². The molecule has 7 heteroatoms. The van der Waals surface area contributed by atoms with Crippen molar-refractivity contribution in [2.45, 2.75) is 6.54 Å². The van der Waals surface area contributed by atoms with E-state index in [2.05, 4.69) is 4.99 Å². The van der Waals surface area contributed by atoms with Crippen LogP contribution in [-0.2, 0) is 11.3 Å². The first-order chi connectivity index (χ1) is 12.5. The summed E-state index contributed by atoms with van der Waals surface area (Å²) in [4.78, 5) is 19.6. The predicted molar refractivity (Wildman–Crippen MR) is 107 cm³/mol. The summed E-state index contributed by atoms with van der Waals surface area (Å²) in [6, 6.07) is 13.1. The Morgan fingerprint density at radius 3 is 2.62 bits per heavy atom. The number of carbonyl (C=O) groups excluding carboxylic acids is 1. The van der Waals surface area contributed by atoms with Crippen LogP contribution in [0.25, 0.3) is 10.2 Å². The smallest absolute Gasteiger partial charge is 0.279 e. The number of rotatable bonds is 5. The van der Waals surface area contributed by atoms with Gasteiger partial charge in [0.1, 0.15) is 0 Å². The van der Waals surface area contributed by atoms with E-state index in [4.69, 9.17) is 16.3 Å². The van der Waals surface area contributed by atoms with Crippen LogP contribution in [0.2, 0.25) is 5.02 Å². The molecule has 1 heterocycles. The average Bonchev–Trinajstić information content (AvgIpc) is 2.98. The molecule has 3 aromatic rings. The second kappa shape index (κ2) is 8.03. The Balaban J connectivity index is 2.05. The Bertz CT molecular complexity index is 990. The Morgan fingerprint density at radius 2 is 1.96 bits per heavy atom. The summed E-state index contributed by atoms with van der Waals surface area (Å²) < 4.78 is 8.12. The largest absolute Gasteiger partial charge is 0.383 e. The number of hydrogen-bond donors (Lipinski definition) is 0. The van der Waals surface area contributed by atoms with Crippen molar-refractivity contribution in [3.63, 3.8) is 0 Å². The first kappa shape index (κ1) is 18.6. The molecule has 0 aliphatic rings. The third-order valence-corrected chi connectivity index (χ3v) is 5.35. The number of hydrogen-bond acceptors (Lipinski definition) is 4. The van der Waals surface area contributed by atoms with Crippen LogP contribution < -0.4 is 9.70 Å². The molecule has 2 aromatic carbocycles. The lowest BCUT2D eigenvalue weighted by Crippen LogP contribution is -2.19. The predicted octanol–water partition coefficient (Wildman–Crippen LogP) is 3.81. The third kappa shape index (κ3) is 3.82. The van der Waals surface area contributed by atoms with Crippen molar-refractivity contribution in [1.82, 2.24) is 4.57 Å². The van der Waals surface area contributed by atoms with E-state index in [1.165, 1.54) is 11.3 Å². The van der Waals surface area contributed by atoms with E-state index in [-0.39, 0.29) is 5.91 Å². The highest BCUT2D eigenvalue weighted by atomic mass is 35.5. The van der Waals surface area contributed by atoms with E-state index in [9.17, 15) is 4.79 Å². The fraction of sp³-hybridized carbons (Fsp3) is 0.263. The highest BCUT2D eigenvalue weighted by Crippen LogP contribution is 2.25. The zero-order valence-corrected chi connectivity index (χ0v) is 16.5. The molecule has 0 unspecified atom stereocenters. The molecule has 26 heavy (non-hydrogen) atoms. The summed E-state index contributed by atoms with van der Waals surface area (Å²) >= 11 is 7.82. The van der Waals surface area contributed by atoms with Crippen LogP contribution >= 0.6 is 22.9 Å². The Morgan fingerprint density at radius 1 is 1.23 bits per heavy atom. The molecule has 3 rings (SSSR count). The number of carbonyl (C=O) groups is 1. The maximum atomic E-state index is 12.6. The molecule has 1 aromatic heterocycles. The van der Waals surface area contributed by atoms with Gasteiger partial charge in [0.05, 0.1) is 21.8 Å². The number of ether oxygens (including phenoxy) is 1. The molecule has 0 saturated carbocycles. The van der Waals surface area contributed by atoms with Crippen molar-refractivity contribution in [3.8, 4) is 0 Å². The van der Waals surface area contributed by atoms with Gasteiger partial charge in [-0.3, -0.25) is 4.79 Å². The number of fused-ring (bicyclic) bond motifs is 1. The van der Waals surface area contributed by atoms with Gasteiger partial charge in [-0.15, -0.1) is 0 Å². The standard InChI is InChI=1S/C19H20ClN3O2S/c1-22(2)14-9-7-13(8-10-14)18(24)21-19-23(11-12-25-3)17-15(20)5-4-6-16(17)26-19/h4-10H,11-12H2,1-3H3. The molecule has 5 nitrogen and oxygen atoms in total. The van der Waals surface area contributed by atoms with E-state index in [0.29, 0.717) is 28.5 Å². The minimum atomic E-state index is -0.274. The summed E-state index contributed by atoms with van der Waals surface area (Å²) in [5, 5.41) is 0.638. The molecule has 0 fully saturated rings. The molecule has 0 radical (unpaired) electrons. The molecule has 0 N–H and O–H groups in total. The highest BCUT2D eigenvalue weighted by molar-refractivity contribution is 7.16. The maximum absolute atomic E-state index is 12.6. The van der Waals surface area contributed by atoms with Gasteiger partial charge in [-0.2, -0.15) is 4.99 Å². The number of nitrogens with zero attached hydrogens (tertiary/aromatic N) is 3. The number of anilines is 1. The summed E-state index contributed by atoms with van der Waals surface area (Å²) in [5.41, 5.74) is 2.47. The lowest BCUT2D eigenvalue weighted by atomic mass is 10.2. The topological polar surface area (TPSA) is 46.8 Å². The van der Waals surface area contributed by atoms with Crippen LogP contribution in [0.1, 0.15) is 10.4 Å². The van der Waals surface area contributed by atoms with Gasteiger partial charge in [0.15, 0.2) is 4.80 Å². The highest BCUT2D eigenvalue weighted by Gasteiger charge is 2.12. The van der Waals surface area contributed by atoms with Gasteiger partial charge in [-0.05, 0) is 36.4 Å². The maximum Gasteiger partial charge on any atom is 0.279 e. The number of aromatic nitrogens is 1. The van der Waals surface area contributed by atoms with Gasteiger partial charge in [0.2, 0.25) is 0 Å². The van der Waals surface area contributed by atoms with Crippen molar-refractivity contribution in [3.05, 3.63) is 57.9 Å². The van der Waals surface area contributed by atoms with Crippen LogP contribution in [0.15, 0.2) is 47.5 Å². The quantitative estimate of drug-likeness (QED) is 0.666. The number of amides is 1. The Hall–Kier alpha value is -2.15. The molecule has 0 bridgehead atoms. The van der Waals surface area contributed by atoms with Crippen LogP contribution in [0.5, 0.6) is 0 Å². The second-order valence-electron chi connectivity index (χ2n) is 5.97. The molecule has 0 aliphatic heterocycles. The van der Waals surface area contributed by atoms with E-state index < -0.39 is 0 Å². The van der Waals surface area contributed by atoms with E-state index in [0.717, 1.165) is 15.9 Å². The average molecular weight is 390 g/mol. The number of benzene rings is 2. The molecule has 136 valence electrons. The number of thiazole rings is 1. The Labute approximate surface area is 161 Å². The first-order valence-electron chi connectivity index (χ1n) is 8.14. The summed E-state index contributed by atoms with van der Waals surface area (Å²) in [7, 11) is 5.56. The van der Waals surface area contributed by atoms with E-state index in [1.54, 1.807) is 19.2 Å². The van der Waals surface area contributed by atoms with Gasteiger partial charge in [-0.1, -0.05) is 29.0 Å². The van der Waals surface area contributed by atoms with Crippen molar-refractivity contribution < 1.29 is 9.53 Å². The SMILES string of the molecule is COCCn1c(=NC(=O)c2ccc(N(C)C)cc2)sc2cccc(Cl)c21. The van der Waals surface area contributed by atoms with Gasteiger partial charge in [0.25, 0.3) is 5.91 Å². The van der Waals surface area contributed by atoms with Crippen molar-refractivity contribution in [1.29, 1.82) is 0 Å². The third-order valence-electron chi connectivity index (χ3n) is 4.00. The summed E-state index contributed by atoms with van der Waals surface area (Å²) in [6.45, 7) is 1.09. The van der Waals surface area contributed by atoms with Crippen LogP contribution in [0.3, 0.4) is 0 Å². The zero-order valence-electron chi connectivity index (χ0n) is 14.9. The molecular weight excluding hydrogens is 370 g/mol. The normalized spacial score (nSPS) is 11.9. The zero-order chi connectivity index (χ0) is 18.7. The van der Waals surface area contributed by atoms with Crippen molar-refractivity contribution in [2.24, 2.45) is 4.99 Å². The van der Waals surface area contributed by atoms with Gasteiger partial charge in [0, 0.05) is 39.0 Å². The minimum Gasteiger partial charge on any atom is -0.383 e.